The third-order valence-corrected chi connectivity index (χ3v) is 8.34. The number of benzene rings is 1. The quantitative estimate of drug-likeness (QED) is 0.731. The fourth-order valence-electron chi connectivity index (χ4n) is 7.37. The second-order valence-corrected chi connectivity index (χ2v) is 10.8. The van der Waals surface area contributed by atoms with Crippen LogP contribution in [-0.2, 0) is 16.1 Å². The number of carbonyl (C=O) groups is 2. The van der Waals surface area contributed by atoms with Crippen LogP contribution in [0.2, 0.25) is 0 Å². The maximum absolute atomic E-state index is 12.7. The number of hydrogen-bond acceptors (Lipinski definition) is 3. The van der Waals surface area contributed by atoms with Crippen molar-refractivity contribution in [3.8, 4) is 0 Å². The van der Waals surface area contributed by atoms with Gasteiger partial charge >= 0.3 is 0 Å². The second-order valence-electron chi connectivity index (χ2n) is 10.8. The zero-order valence-electron chi connectivity index (χ0n) is 18.7. The van der Waals surface area contributed by atoms with Crippen LogP contribution in [0.25, 0.3) is 0 Å². The van der Waals surface area contributed by atoms with E-state index in [4.69, 9.17) is 0 Å². The Labute approximate surface area is 186 Å². The lowest BCUT2D eigenvalue weighted by Gasteiger charge is -2.56. The van der Waals surface area contributed by atoms with Crippen molar-refractivity contribution in [3.05, 3.63) is 35.9 Å². The lowest BCUT2D eigenvalue weighted by atomic mass is 9.49. The summed E-state index contributed by atoms with van der Waals surface area (Å²) < 4.78 is 0. The van der Waals surface area contributed by atoms with Gasteiger partial charge in [0.05, 0.1) is 0 Å². The highest BCUT2D eigenvalue weighted by molar-refractivity contribution is 5.79. The van der Waals surface area contributed by atoms with Crippen molar-refractivity contribution < 1.29 is 9.59 Å². The maximum atomic E-state index is 12.7. The monoisotopic (exact) mass is 423 g/mol. The standard InChI is InChI=1S/C26H37N3O2/c30-24(18-26-15-21-12-22(16-26)14-23(13-21)17-26)27-7-6-25(31)29-10-8-28(9-11-29)19-20-4-2-1-3-5-20/h1-5,21-23H,6-19H2,(H,27,30). The Bertz CT molecular complexity index is 750. The number of hydrogen-bond donors (Lipinski definition) is 1. The third-order valence-electron chi connectivity index (χ3n) is 8.34. The van der Waals surface area contributed by atoms with Crippen LogP contribution in [0.3, 0.4) is 0 Å². The Morgan fingerprint density at radius 2 is 1.52 bits per heavy atom. The van der Waals surface area contributed by atoms with Crippen LogP contribution < -0.4 is 5.32 Å². The SMILES string of the molecule is O=C(CC12CC3CC(CC(C3)C1)C2)NCCC(=O)N1CCN(Cc2ccccc2)CC1. The Balaban J connectivity index is 1.01. The van der Waals surface area contributed by atoms with Gasteiger partial charge in [0.15, 0.2) is 0 Å². The molecule has 5 fully saturated rings. The topological polar surface area (TPSA) is 52.7 Å². The molecular formula is C26H37N3O2. The second kappa shape index (κ2) is 8.93. The van der Waals surface area contributed by atoms with E-state index >= 15 is 0 Å². The highest BCUT2D eigenvalue weighted by Crippen LogP contribution is 2.61. The van der Waals surface area contributed by atoms with E-state index in [1.807, 2.05) is 11.0 Å². The molecule has 1 aromatic carbocycles. The van der Waals surface area contributed by atoms with Gasteiger partial charge in [-0.1, -0.05) is 30.3 Å². The first-order chi connectivity index (χ1) is 15.1. The summed E-state index contributed by atoms with van der Waals surface area (Å²) in [5, 5.41) is 3.07. The lowest BCUT2D eigenvalue weighted by molar-refractivity contribution is -0.133. The van der Waals surface area contributed by atoms with Gasteiger partial charge in [-0.2, -0.15) is 0 Å². The first-order valence-corrected chi connectivity index (χ1v) is 12.4. The van der Waals surface area contributed by atoms with Crippen LogP contribution in [0, 0.1) is 23.2 Å². The van der Waals surface area contributed by atoms with Gasteiger partial charge in [0.1, 0.15) is 0 Å². The molecule has 168 valence electrons. The molecule has 1 saturated heterocycles. The van der Waals surface area contributed by atoms with Crippen molar-refractivity contribution in [3.63, 3.8) is 0 Å². The van der Waals surface area contributed by atoms with Crippen LogP contribution in [-0.4, -0.2) is 54.3 Å². The van der Waals surface area contributed by atoms with Gasteiger partial charge in [0, 0.05) is 52.1 Å². The highest BCUT2D eigenvalue weighted by Gasteiger charge is 2.51. The van der Waals surface area contributed by atoms with Crippen molar-refractivity contribution in [1.29, 1.82) is 0 Å². The highest BCUT2D eigenvalue weighted by atomic mass is 16.2. The number of rotatable bonds is 7. The molecule has 0 atom stereocenters. The predicted octanol–water partition coefficient (Wildman–Crippen LogP) is 3.44. The van der Waals surface area contributed by atoms with Crippen LogP contribution in [0.5, 0.6) is 0 Å². The van der Waals surface area contributed by atoms with Crippen molar-refractivity contribution in [2.24, 2.45) is 23.2 Å². The summed E-state index contributed by atoms with van der Waals surface area (Å²) in [6.45, 7) is 4.83. The number of nitrogens with one attached hydrogen (secondary N) is 1. The van der Waals surface area contributed by atoms with Gasteiger partial charge in [-0.3, -0.25) is 14.5 Å². The van der Waals surface area contributed by atoms with E-state index in [1.165, 1.54) is 44.1 Å². The zero-order chi connectivity index (χ0) is 21.3. The van der Waals surface area contributed by atoms with Gasteiger partial charge in [-0.25, -0.2) is 0 Å². The summed E-state index contributed by atoms with van der Waals surface area (Å²) in [4.78, 5) is 29.6. The minimum atomic E-state index is 0.169. The van der Waals surface area contributed by atoms with E-state index in [0.29, 0.717) is 19.4 Å². The average molecular weight is 424 g/mol. The largest absolute Gasteiger partial charge is 0.356 e. The van der Waals surface area contributed by atoms with Gasteiger partial charge in [0.25, 0.3) is 0 Å². The molecule has 4 saturated carbocycles. The average Bonchev–Trinajstić information content (AvgIpc) is 2.73. The Hall–Kier alpha value is -1.88. The van der Waals surface area contributed by atoms with E-state index in [2.05, 4.69) is 34.5 Å². The van der Waals surface area contributed by atoms with Crippen molar-refractivity contribution in [2.45, 2.75) is 57.9 Å². The number of carbonyl (C=O) groups excluding carboxylic acids is 2. The summed E-state index contributed by atoms with van der Waals surface area (Å²) in [5.41, 5.74) is 1.60. The van der Waals surface area contributed by atoms with E-state index < -0.39 is 0 Å². The molecule has 1 aliphatic heterocycles. The molecule has 4 bridgehead atoms. The van der Waals surface area contributed by atoms with Gasteiger partial charge in [0.2, 0.25) is 11.8 Å². The Kier molecular flexibility index (Phi) is 6.05. The van der Waals surface area contributed by atoms with E-state index in [1.54, 1.807) is 0 Å². The number of amides is 2. The Morgan fingerprint density at radius 3 is 2.13 bits per heavy atom. The van der Waals surface area contributed by atoms with Gasteiger partial charge < -0.3 is 10.2 Å². The molecular weight excluding hydrogens is 386 g/mol. The molecule has 0 radical (unpaired) electrons. The van der Waals surface area contributed by atoms with Crippen LogP contribution in [0.4, 0.5) is 0 Å². The summed E-state index contributed by atoms with van der Waals surface area (Å²) in [5.74, 6) is 2.97. The molecule has 1 heterocycles. The normalized spacial score (nSPS) is 32.3. The van der Waals surface area contributed by atoms with E-state index in [9.17, 15) is 9.59 Å². The van der Waals surface area contributed by atoms with Gasteiger partial charge in [-0.15, -0.1) is 0 Å². The first kappa shape index (κ1) is 21.0. The molecule has 0 unspecified atom stereocenters. The minimum absolute atomic E-state index is 0.169. The van der Waals surface area contributed by atoms with Crippen LogP contribution in [0.15, 0.2) is 30.3 Å². The van der Waals surface area contributed by atoms with E-state index in [-0.39, 0.29) is 17.2 Å². The molecule has 5 nitrogen and oxygen atoms in total. The predicted molar refractivity (Wildman–Crippen MR) is 121 cm³/mol. The molecule has 5 heteroatoms. The smallest absolute Gasteiger partial charge is 0.224 e. The summed E-state index contributed by atoms with van der Waals surface area (Å²) in [7, 11) is 0. The van der Waals surface area contributed by atoms with Crippen LogP contribution >= 0.6 is 0 Å². The van der Waals surface area contributed by atoms with E-state index in [0.717, 1.165) is 50.5 Å². The molecule has 0 aromatic heterocycles. The fraction of sp³-hybridized carbons (Fsp3) is 0.692. The molecule has 6 rings (SSSR count). The van der Waals surface area contributed by atoms with Crippen LogP contribution in [0.1, 0.15) is 56.9 Å². The minimum Gasteiger partial charge on any atom is -0.356 e. The van der Waals surface area contributed by atoms with Gasteiger partial charge in [-0.05, 0) is 67.3 Å². The molecule has 5 aliphatic rings. The number of piperazine rings is 1. The third kappa shape index (κ3) is 4.97. The summed E-state index contributed by atoms with van der Waals surface area (Å²) in [6.07, 6.45) is 9.12. The maximum Gasteiger partial charge on any atom is 0.224 e. The lowest BCUT2D eigenvalue weighted by Crippen LogP contribution is -2.49. The molecule has 2 amide bonds. The molecule has 0 spiro atoms. The first-order valence-electron chi connectivity index (χ1n) is 12.4. The van der Waals surface area contributed by atoms with Crippen molar-refractivity contribution >= 4 is 11.8 Å². The summed E-state index contributed by atoms with van der Waals surface area (Å²) >= 11 is 0. The van der Waals surface area contributed by atoms with Crippen molar-refractivity contribution in [2.75, 3.05) is 32.7 Å². The molecule has 31 heavy (non-hydrogen) atoms. The summed E-state index contributed by atoms with van der Waals surface area (Å²) in [6, 6.07) is 10.5. The fourth-order valence-corrected chi connectivity index (χ4v) is 7.37. The number of nitrogens with zero attached hydrogens (tertiary/aromatic N) is 2. The Morgan fingerprint density at radius 1 is 0.903 bits per heavy atom. The zero-order valence-corrected chi connectivity index (χ0v) is 18.7. The van der Waals surface area contributed by atoms with Crippen molar-refractivity contribution in [1.82, 2.24) is 15.1 Å². The molecule has 1 aromatic rings. The molecule has 4 aliphatic carbocycles. The molecule has 1 N–H and O–H groups in total.